The van der Waals surface area contributed by atoms with E-state index in [4.69, 9.17) is 21.1 Å². The Bertz CT molecular complexity index is 150. The summed E-state index contributed by atoms with van der Waals surface area (Å²) >= 11 is 6.55. The highest BCUT2D eigenvalue weighted by Gasteiger charge is 2.27. The lowest BCUT2D eigenvalue weighted by molar-refractivity contribution is 0.0465. The van der Waals surface area contributed by atoms with E-state index in [1.165, 1.54) is 0 Å². The number of ether oxygens (including phenoxy) is 2. The number of unbranched alkanes of at least 4 members (excludes halogenated alkanes) is 2. The molecule has 0 N–H and O–H groups in total. The van der Waals surface area contributed by atoms with Crippen LogP contribution in [-0.4, -0.2) is 31.3 Å². The van der Waals surface area contributed by atoms with Gasteiger partial charge in [0.15, 0.2) is 0 Å². The molecule has 0 atom stereocenters. The van der Waals surface area contributed by atoms with Crippen LogP contribution in [0, 0.1) is 0 Å². The second-order valence-corrected chi connectivity index (χ2v) is 5.51. The molecule has 0 unspecified atom stereocenters. The van der Waals surface area contributed by atoms with Crippen molar-refractivity contribution in [3.05, 3.63) is 0 Å². The normalized spacial score (nSPS) is 12.0. The van der Waals surface area contributed by atoms with Crippen molar-refractivity contribution in [2.75, 3.05) is 26.4 Å². The van der Waals surface area contributed by atoms with Crippen molar-refractivity contribution >= 4 is 11.6 Å². The predicted octanol–water partition coefficient (Wildman–Crippen LogP) is 4.40. The van der Waals surface area contributed by atoms with Crippen molar-refractivity contribution in [3.8, 4) is 0 Å². The second-order valence-electron chi connectivity index (χ2n) is 4.71. The van der Waals surface area contributed by atoms with Gasteiger partial charge in [-0.25, -0.2) is 0 Å². The molecular formula is C14H29ClO2. The van der Waals surface area contributed by atoms with Gasteiger partial charge < -0.3 is 9.47 Å². The Balaban J connectivity index is 3.80. The predicted molar refractivity (Wildman–Crippen MR) is 74.9 cm³/mol. The zero-order chi connectivity index (χ0) is 13.0. The van der Waals surface area contributed by atoms with Crippen LogP contribution in [0.25, 0.3) is 0 Å². The summed E-state index contributed by atoms with van der Waals surface area (Å²) in [6.45, 7) is 9.31. The van der Waals surface area contributed by atoms with Gasteiger partial charge in [-0.05, 0) is 19.3 Å². The van der Waals surface area contributed by atoms with E-state index in [-0.39, 0.29) is 4.87 Å². The van der Waals surface area contributed by atoms with Gasteiger partial charge in [0.25, 0.3) is 0 Å². The van der Waals surface area contributed by atoms with Gasteiger partial charge in [0, 0.05) is 13.2 Å². The van der Waals surface area contributed by atoms with Crippen molar-refractivity contribution < 1.29 is 9.47 Å². The van der Waals surface area contributed by atoms with Gasteiger partial charge in [-0.15, -0.1) is 11.6 Å². The maximum atomic E-state index is 6.55. The lowest BCUT2D eigenvalue weighted by atomic mass is 10.1. The lowest BCUT2D eigenvalue weighted by Gasteiger charge is -2.26. The number of alkyl halides is 1. The fourth-order valence-electron chi connectivity index (χ4n) is 1.64. The van der Waals surface area contributed by atoms with E-state index in [9.17, 15) is 0 Å². The molecule has 0 rings (SSSR count). The summed E-state index contributed by atoms with van der Waals surface area (Å²) in [6, 6.07) is 0. The number of rotatable bonds is 12. The summed E-state index contributed by atoms with van der Waals surface area (Å²) in [5.41, 5.74) is 0. The molecular weight excluding hydrogens is 236 g/mol. The number of hydrogen-bond acceptors (Lipinski definition) is 2. The first kappa shape index (κ1) is 17.2. The summed E-state index contributed by atoms with van der Waals surface area (Å²) in [7, 11) is 0. The van der Waals surface area contributed by atoms with Crippen LogP contribution >= 0.6 is 11.6 Å². The summed E-state index contributed by atoms with van der Waals surface area (Å²) < 4.78 is 11.3. The second kappa shape index (κ2) is 11.3. The molecule has 0 heterocycles. The van der Waals surface area contributed by atoms with Gasteiger partial charge in [0.05, 0.1) is 18.1 Å². The third kappa shape index (κ3) is 9.87. The van der Waals surface area contributed by atoms with Gasteiger partial charge in [0.2, 0.25) is 0 Å². The molecule has 0 aromatic rings. The summed E-state index contributed by atoms with van der Waals surface area (Å²) in [4.78, 5) is -0.323. The molecule has 104 valence electrons. The molecule has 0 radical (unpaired) electrons. The molecule has 0 aliphatic rings. The van der Waals surface area contributed by atoms with Crippen LogP contribution in [0.5, 0.6) is 0 Å². The maximum absolute atomic E-state index is 6.55. The van der Waals surface area contributed by atoms with Crippen LogP contribution in [0.3, 0.4) is 0 Å². The Hall–Kier alpha value is 0.210. The Morgan fingerprint density at radius 3 is 1.65 bits per heavy atom. The molecule has 17 heavy (non-hydrogen) atoms. The highest BCUT2D eigenvalue weighted by molar-refractivity contribution is 6.24. The highest BCUT2D eigenvalue weighted by Crippen LogP contribution is 2.23. The van der Waals surface area contributed by atoms with Gasteiger partial charge in [-0.1, -0.05) is 40.0 Å². The Morgan fingerprint density at radius 1 is 0.824 bits per heavy atom. The van der Waals surface area contributed by atoms with E-state index >= 15 is 0 Å². The standard InChI is InChI=1S/C14H29ClO2/c1-4-7-10-16-12-14(15,9-6-3)13-17-11-8-5-2/h4-13H2,1-3H3. The van der Waals surface area contributed by atoms with Crippen LogP contribution in [0.1, 0.15) is 59.3 Å². The first-order valence-corrected chi connectivity index (χ1v) is 7.40. The third-order valence-electron chi connectivity index (χ3n) is 2.70. The molecule has 0 bridgehead atoms. The lowest BCUT2D eigenvalue weighted by Crippen LogP contribution is -2.34. The van der Waals surface area contributed by atoms with E-state index in [1.54, 1.807) is 0 Å². The molecule has 0 saturated heterocycles. The third-order valence-corrected chi connectivity index (χ3v) is 3.11. The monoisotopic (exact) mass is 264 g/mol. The Morgan fingerprint density at radius 2 is 1.29 bits per heavy atom. The molecule has 2 nitrogen and oxygen atoms in total. The molecule has 0 aliphatic carbocycles. The van der Waals surface area contributed by atoms with Crippen LogP contribution < -0.4 is 0 Å². The van der Waals surface area contributed by atoms with Crippen LogP contribution in [0.4, 0.5) is 0 Å². The fourth-order valence-corrected chi connectivity index (χ4v) is 1.98. The van der Waals surface area contributed by atoms with Gasteiger partial charge in [0.1, 0.15) is 0 Å². The molecule has 0 spiro atoms. The van der Waals surface area contributed by atoms with E-state index in [0.717, 1.165) is 51.7 Å². The fraction of sp³-hybridized carbons (Fsp3) is 1.00. The van der Waals surface area contributed by atoms with Crippen molar-refractivity contribution in [2.24, 2.45) is 0 Å². The summed E-state index contributed by atoms with van der Waals surface area (Å²) in [6.07, 6.45) is 6.56. The van der Waals surface area contributed by atoms with E-state index in [0.29, 0.717) is 13.2 Å². The van der Waals surface area contributed by atoms with Crippen molar-refractivity contribution in [2.45, 2.75) is 64.2 Å². The first-order valence-electron chi connectivity index (χ1n) is 7.03. The number of hydrogen-bond donors (Lipinski definition) is 0. The molecule has 0 aromatic heterocycles. The van der Waals surface area contributed by atoms with Crippen molar-refractivity contribution in [1.29, 1.82) is 0 Å². The largest absolute Gasteiger partial charge is 0.380 e. The Kier molecular flexibility index (Phi) is 11.4. The maximum Gasteiger partial charge on any atom is 0.0911 e. The van der Waals surface area contributed by atoms with Crippen LogP contribution in [0.15, 0.2) is 0 Å². The first-order chi connectivity index (χ1) is 8.18. The molecule has 0 fully saturated rings. The average Bonchev–Trinajstić information content (AvgIpc) is 2.31. The van der Waals surface area contributed by atoms with E-state index < -0.39 is 0 Å². The molecule has 0 saturated carbocycles. The minimum absolute atomic E-state index is 0.323. The molecule has 0 aliphatic heterocycles. The summed E-state index contributed by atoms with van der Waals surface area (Å²) in [5, 5.41) is 0. The van der Waals surface area contributed by atoms with Crippen molar-refractivity contribution in [1.82, 2.24) is 0 Å². The summed E-state index contributed by atoms with van der Waals surface area (Å²) in [5.74, 6) is 0. The molecule has 0 aromatic carbocycles. The highest BCUT2D eigenvalue weighted by atomic mass is 35.5. The minimum Gasteiger partial charge on any atom is -0.380 e. The van der Waals surface area contributed by atoms with Crippen molar-refractivity contribution in [3.63, 3.8) is 0 Å². The Labute approximate surface area is 112 Å². The molecule has 0 amide bonds. The minimum atomic E-state index is -0.323. The van der Waals surface area contributed by atoms with E-state index in [1.807, 2.05) is 0 Å². The zero-order valence-electron chi connectivity index (χ0n) is 11.8. The average molecular weight is 265 g/mol. The SMILES string of the molecule is CCCCOCC(Cl)(CCC)COCCCC. The van der Waals surface area contributed by atoms with Crippen LogP contribution in [0.2, 0.25) is 0 Å². The number of halogens is 1. The molecule has 3 heteroatoms. The van der Waals surface area contributed by atoms with Gasteiger partial charge >= 0.3 is 0 Å². The smallest absolute Gasteiger partial charge is 0.0911 e. The quantitative estimate of drug-likeness (QED) is 0.384. The van der Waals surface area contributed by atoms with Crippen LogP contribution in [-0.2, 0) is 9.47 Å². The van der Waals surface area contributed by atoms with Gasteiger partial charge in [-0.2, -0.15) is 0 Å². The topological polar surface area (TPSA) is 18.5 Å². The van der Waals surface area contributed by atoms with Gasteiger partial charge in [-0.3, -0.25) is 0 Å². The zero-order valence-corrected chi connectivity index (χ0v) is 12.5. The van der Waals surface area contributed by atoms with E-state index in [2.05, 4.69) is 20.8 Å².